The summed E-state index contributed by atoms with van der Waals surface area (Å²) in [5.41, 5.74) is 8.90. The van der Waals surface area contributed by atoms with E-state index in [0.29, 0.717) is 13.2 Å². The zero-order valence-corrected chi connectivity index (χ0v) is 10.6. The fourth-order valence-electron chi connectivity index (χ4n) is 1.76. The fourth-order valence-corrected chi connectivity index (χ4v) is 1.76. The Morgan fingerprint density at radius 3 is 2.61 bits per heavy atom. The largest absolute Gasteiger partial charge is 0.487 e. The molecule has 0 aliphatic rings. The van der Waals surface area contributed by atoms with Gasteiger partial charge in [0.25, 0.3) is 0 Å². The summed E-state index contributed by atoms with van der Waals surface area (Å²) < 4.78 is 5.72. The number of rotatable bonds is 5. The molecule has 18 heavy (non-hydrogen) atoms. The standard InChI is InChI=1S/C15H18N2O/c1-2-12-5-7-14(8-6-12)18-11-15-13(10-16)4-3-9-17-15/h3-9H,2,10-11,16H2,1H3. The number of pyridine rings is 1. The third kappa shape index (κ3) is 3.08. The second kappa shape index (κ2) is 6.17. The van der Waals surface area contributed by atoms with Crippen LogP contribution in [0.4, 0.5) is 0 Å². The first kappa shape index (κ1) is 12.6. The number of aryl methyl sites for hydroxylation is 1. The second-order valence-electron chi connectivity index (χ2n) is 4.10. The maximum absolute atomic E-state index is 5.72. The number of hydrogen-bond acceptors (Lipinski definition) is 3. The number of benzene rings is 1. The summed E-state index contributed by atoms with van der Waals surface area (Å²) in [5, 5.41) is 0. The Morgan fingerprint density at radius 1 is 1.17 bits per heavy atom. The van der Waals surface area contributed by atoms with Gasteiger partial charge in [-0.05, 0) is 35.7 Å². The van der Waals surface area contributed by atoms with Crippen LogP contribution in [0.5, 0.6) is 5.75 Å². The van der Waals surface area contributed by atoms with Gasteiger partial charge in [0.1, 0.15) is 12.4 Å². The molecule has 2 N–H and O–H groups in total. The highest BCUT2D eigenvalue weighted by atomic mass is 16.5. The molecule has 0 saturated heterocycles. The molecule has 0 saturated carbocycles. The van der Waals surface area contributed by atoms with Gasteiger partial charge in [-0.25, -0.2) is 0 Å². The summed E-state index contributed by atoms with van der Waals surface area (Å²) >= 11 is 0. The van der Waals surface area contributed by atoms with Crippen molar-refractivity contribution in [3.8, 4) is 5.75 Å². The lowest BCUT2D eigenvalue weighted by Gasteiger charge is -2.09. The molecular weight excluding hydrogens is 224 g/mol. The lowest BCUT2D eigenvalue weighted by Crippen LogP contribution is -2.06. The van der Waals surface area contributed by atoms with Gasteiger partial charge in [0.05, 0.1) is 5.69 Å². The Hall–Kier alpha value is -1.87. The SMILES string of the molecule is CCc1ccc(OCc2ncccc2CN)cc1. The van der Waals surface area contributed by atoms with Crippen molar-refractivity contribution < 1.29 is 4.74 Å². The van der Waals surface area contributed by atoms with Gasteiger partial charge in [-0.2, -0.15) is 0 Å². The summed E-state index contributed by atoms with van der Waals surface area (Å²) in [4.78, 5) is 4.29. The van der Waals surface area contributed by atoms with Crippen LogP contribution in [0.1, 0.15) is 23.7 Å². The Labute approximate surface area is 108 Å². The van der Waals surface area contributed by atoms with Gasteiger partial charge in [-0.15, -0.1) is 0 Å². The first-order chi connectivity index (χ1) is 8.83. The van der Waals surface area contributed by atoms with E-state index in [1.165, 1.54) is 5.56 Å². The molecule has 0 aliphatic heterocycles. The summed E-state index contributed by atoms with van der Waals surface area (Å²) in [6, 6.07) is 12.0. The number of aromatic nitrogens is 1. The normalized spacial score (nSPS) is 10.3. The van der Waals surface area contributed by atoms with E-state index in [1.807, 2.05) is 24.3 Å². The summed E-state index contributed by atoms with van der Waals surface area (Å²) in [5.74, 6) is 0.862. The van der Waals surface area contributed by atoms with Crippen molar-refractivity contribution in [3.63, 3.8) is 0 Å². The van der Waals surface area contributed by atoms with Crippen molar-refractivity contribution in [2.45, 2.75) is 26.5 Å². The predicted octanol–water partition coefficient (Wildman–Crippen LogP) is 2.68. The quantitative estimate of drug-likeness (QED) is 0.877. The third-order valence-corrected chi connectivity index (χ3v) is 2.91. The smallest absolute Gasteiger partial charge is 0.131 e. The maximum Gasteiger partial charge on any atom is 0.131 e. The van der Waals surface area contributed by atoms with E-state index in [4.69, 9.17) is 10.5 Å². The van der Waals surface area contributed by atoms with E-state index in [1.54, 1.807) is 6.20 Å². The molecule has 3 heteroatoms. The van der Waals surface area contributed by atoms with E-state index in [-0.39, 0.29) is 0 Å². The monoisotopic (exact) mass is 242 g/mol. The zero-order valence-electron chi connectivity index (χ0n) is 10.6. The number of ether oxygens (including phenoxy) is 1. The Kier molecular flexibility index (Phi) is 4.31. The lowest BCUT2D eigenvalue weighted by molar-refractivity contribution is 0.300. The molecule has 0 aliphatic carbocycles. The van der Waals surface area contributed by atoms with Crippen molar-refractivity contribution in [2.75, 3.05) is 0 Å². The Bertz CT molecular complexity index is 494. The van der Waals surface area contributed by atoms with Crippen molar-refractivity contribution in [1.29, 1.82) is 0 Å². The average molecular weight is 242 g/mol. The predicted molar refractivity (Wildman–Crippen MR) is 72.3 cm³/mol. The molecule has 0 spiro atoms. The van der Waals surface area contributed by atoms with Gasteiger partial charge in [0.15, 0.2) is 0 Å². The highest BCUT2D eigenvalue weighted by Gasteiger charge is 2.02. The van der Waals surface area contributed by atoms with Crippen LogP contribution in [0.15, 0.2) is 42.6 Å². The first-order valence-electron chi connectivity index (χ1n) is 6.18. The summed E-state index contributed by atoms with van der Waals surface area (Å²) in [6.07, 6.45) is 2.80. The average Bonchev–Trinajstić information content (AvgIpc) is 2.46. The molecule has 0 atom stereocenters. The van der Waals surface area contributed by atoms with Crippen LogP contribution < -0.4 is 10.5 Å². The van der Waals surface area contributed by atoms with Crippen LogP contribution in [0, 0.1) is 0 Å². The minimum Gasteiger partial charge on any atom is -0.487 e. The summed E-state index contributed by atoms with van der Waals surface area (Å²) in [7, 11) is 0. The topological polar surface area (TPSA) is 48.1 Å². The van der Waals surface area contributed by atoms with Crippen molar-refractivity contribution in [2.24, 2.45) is 5.73 Å². The molecule has 1 heterocycles. The molecule has 94 valence electrons. The fraction of sp³-hybridized carbons (Fsp3) is 0.267. The molecule has 0 radical (unpaired) electrons. The van der Waals surface area contributed by atoms with Gasteiger partial charge < -0.3 is 10.5 Å². The van der Waals surface area contributed by atoms with Crippen molar-refractivity contribution in [1.82, 2.24) is 4.98 Å². The van der Waals surface area contributed by atoms with Gasteiger partial charge in [-0.1, -0.05) is 25.1 Å². The Morgan fingerprint density at radius 2 is 1.94 bits per heavy atom. The van der Waals surface area contributed by atoms with E-state index in [9.17, 15) is 0 Å². The van der Waals surface area contributed by atoms with Crippen LogP contribution in [-0.2, 0) is 19.6 Å². The molecule has 0 amide bonds. The summed E-state index contributed by atoms with van der Waals surface area (Å²) in [6.45, 7) is 3.08. The molecule has 0 unspecified atom stereocenters. The Balaban J connectivity index is 2.02. The van der Waals surface area contributed by atoms with Gasteiger partial charge in [0, 0.05) is 12.7 Å². The molecule has 0 fully saturated rings. The number of nitrogens with zero attached hydrogens (tertiary/aromatic N) is 1. The molecule has 2 aromatic rings. The van der Waals surface area contributed by atoms with E-state index < -0.39 is 0 Å². The molecule has 1 aromatic heterocycles. The van der Waals surface area contributed by atoms with E-state index in [0.717, 1.165) is 23.4 Å². The molecule has 2 rings (SSSR count). The molecule has 1 aromatic carbocycles. The third-order valence-electron chi connectivity index (χ3n) is 2.91. The van der Waals surface area contributed by atoms with Crippen molar-refractivity contribution in [3.05, 3.63) is 59.4 Å². The number of hydrogen-bond donors (Lipinski definition) is 1. The van der Waals surface area contributed by atoms with Crippen LogP contribution in [-0.4, -0.2) is 4.98 Å². The molecular formula is C15H18N2O. The van der Waals surface area contributed by atoms with Gasteiger partial charge >= 0.3 is 0 Å². The maximum atomic E-state index is 5.72. The van der Waals surface area contributed by atoms with Crippen LogP contribution in [0.2, 0.25) is 0 Å². The van der Waals surface area contributed by atoms with Crippen molar-refractivity contribution >= 4 is 0 Å². The van der Waals surface area contributed by atoms with E-state index in [2.05, 4.69) is 24.0 Å². The lowest BCUT2D eigenvalue weighted by atomic mass is 10.2. The van der Waals surface area contributed by atoms with Gasteiger partial charge in [0.2, 0.25) is 0 Å². The van der Waals surface area contributed by atoms with Crippen LogP contribution >= 0.6 is 0 Å². The second-order valence-corrected chi connectivity index (χ2v) is 4.10. The molecule has 3 nitrogen and oxygen atoms in total. The number of nitrogens with two attached hydrogens (primary N) is 1. The van der Waals surface area contributed by atoms with Crippen LogP contribution in [0.3, 0.4) is 0 Å². The zero-order chi connectivity index (χ0) is 12.8. The highest BCUT2D eigenvalue weighted by molar-refractivity contribution is 5.28. The van der Waals surface area contributed by atoms with Gasteiger partial charge in [-0.3, -0.25) is 4.98 Å². The molecule has 0 bridgehead atoms. The van der Waals surface area contributed by atoms with Crippen LogP contribution in [0.25, 0.3) is 0 Å². The minimum atomic E-state index is 0.457. The highest BCUT2D eigenvalue weighted by Crippen LogP contribution is 2.15. The first-order valence-corrected chi connectivity index (χ1v) is 6.18. The minimum absolute atomic E-state index is 0.457. The van der Waals surface area contributed by atoms with E-state index >= 15 is 0 Å².